The van der Waals surface area contributed by atoms with Gasteiger partial charge in [0.15, 0.2) is 6.29 Å². The first-order chi connectivity index (χ1) is 17.7. The van der Waals surface area contributed by atoms with Crippen LogP contribution in [0.15, 0.2) is 35.5 Å². The van der Waals surface area contributed by atoms with E-state index in [1.165, 1.54) is 57.8 Å². The molecule has 0 amide bonds. The standard InChI is InChI=1S/C35H56O2/c1-8-32-25(5)12-17-33(37-32)36-27-18-20-34(6)26(22-27)13-14-28-30-16-15-29(24(4)11-9-10-23(2)3)35(30,7)21-19-31(28)34/h11-13,17,23,25,27-33H,8-10,14-16,18-22H2,1-7H3/b24-11+/t25-,27-,28?,29+,30?,31?,32+,33?,34-,35+/m0/s1. The van der Waals surface area contributed by atoms with Crippen LogP contribution in [0.1, 0.15) is 119 Å². The highest BCUT2D eigenvalue weighted by Crippen LogP contribution is 2.67. The Labute approximate surface area is 228 Å². The highest BCUT2D eigenvalue weighted by molar-refractivity contribution is 5.26. The minimum Gasteiger partial charge on any atom is -0.345 e. The molecule has 4 aliphatic carbocycles. The number of allylic oxidation sites excluding steroid dienone is 3. The molecule has 1 heterocycles. The quantitative estimate of drug-likeness (QED) is 0.319. The molecule has 10 atom stereocenters. The van der Waals surface area contributed by atoms with E-state index in [4.69, 9.17) is 9.47 Å². The van der Waals surface area contributed by atoms with Gasteiger partial charge in [-0.25, -0.2) is 0 Å². The van der Waals surface area contributed by atoms with Crippen molar-refractivity contribution in [3.05, 3.63) is 35.5 Å². The third-order valence-electron chi connectivity index (χ3n) is 12.0. The molecule has 0 saturated heterocycles. The first kappa shape index (κ1) is 27.7. The van der Waals surface area contributed by atoms with Crippen molar-refractivity contribution in [1.29, 1.82) is 0 Å². The molecule has 37 heavy (non-hydrogen) atoms. The molecule has 2 heteroatoms. The Kier molecular flexibility index (Phi) is 8.20. The summed E-state index contributed by atoms with van der Waals surface area (Å²) in [5, 5.41) is 0. The van der Waals surface area contributed by atoms with Gasteiger partial charge in [0.25, 0.3) is 0 Å². The first-order valence-corrected chi connectivity index (χ1v) is 16.0. The van der Waals surface area contributed by atoms with Gasteiger partial charge >= 0.3 is 0 Å². The van der Waals surface area contributed by atoms with Gasteiger partial charge in [0.05, 0.1) is 12.2 Å². The second-order valence-corrected chi connectivity index (χ2v) is 14.5. The number of fused-ring (bicyclic) bond motifs is 5. The van der Waals surface area contributed by atoms with Crippen molar-refractivity contribution in [3.8, 4) is 0 Å². The summed E-state index contributed by atoms with van der Waals surface area (Å²) in [6.07, 6.45) is 24.5. The minimum atomic E-state index is -0.157. The smallest absolute Gasteiger partial charge is 0.177 e. The van der Waals surface area contributed by atoms with E-state index in [9.17, 15) is 0 Å². The molecule has 5 rings (SSSR count). The van der Waals surface area contributed by atoms with Gasteiger partial charge in [0, 0.05) is 5.92 Å². The average Bonchev–Trinajstić information content (AvgIpc) is 3.22. The lowest BCUT2D eigenvalue weighted by molar-refractivity contribution is -0.188. The second kappa shape index (κ2) is 11.0. The predicted molar refractivity (Wildman–Crippen MR) is 155 cm³/mol. The van der Waals surface area contributed by atoms with Crippen molar-refractivity contribution in [3.63, 3.8) is 0 Å². The number of ether oxygens (including phenoxy) is 2. The van der Waals surface area contributed by atoms with Gasteiger partial charge in [-0.1, -0.05) is 70.9 Å². The molecule has 0 aromatic heterocycles. The van der Waals surface area contributed by atoms with E-state index in [1.807, 2.05) is 0 Å². The molecule has 0 aromatic carbocycles. The number of rotatable bonds is 7. The van der Waals surface area contributed by atoms with Crippen molar-refractivity contribution in [2.45, 2.75) is 138 Å². The zero-order chi connectivity index (χ0) is 26.4. The molecular weight excluding hydrogens is 452 g/mol. The predicted octanol–water partition coefficient (Wildman–Crippen LogP) is 9.66. The van der Waals surface area contributed by atoms with E-state index in [0.29, 0.717) is 29.0 Å². The van der Waals surface area contributed by atoms with Crippen LogP contribution < -0.4 is 0 Å². The van der Waals surface area contributed by atoms with Crippen LogP contribution in [0.3, 0.4) is 0 Å². The monoisotopic (exact) mass is 508 g/mol. The van der Waals surface area contributed by atoms with Gasteiger partial charge in [-0.05, 0) is 124 Å². The zero-order valence-corrected chi connectivity index (χ0v) is 25.1. The van der Waals surface area contributed by atoms with E-state index in [1.54, 1.807) is 11.1 Å². The van der Waals surface area contributed by atoms with E-state index in [2.05, 4.69) is 72.8 Å². The van der Waals surface area contributed by atoms with Crippen molar-refractivity contribution >= 4 is 0 Å². The molecule has 5 aliphatic rings. The summed E-state index contributed by atoms with van der Waals surface area (Å²) in [5.41, 5.74) is 4.32. The van der Waals surface area contributed by atoms with Crippen molar-refractivity contribution in [2.24, 2.45) is 46.3 Å². The Morgan fingerprint density at radius 2 is 1.92 bits per heavy atom. The summed E-state index contributed by atoms with van der Waals surface area (Å²) in [6, 6.07) is 0. The topological polar surface area (TPSA) is 18.5 Å². The normalized spacial score (nSPS) is 45.8. The third kappa shape index (κ3) is 5.20. The van der Waals surface area contributed by atoms with Gasteiger partial charge in [0.2, 0.25) is 0 Å². The van der Waals surface area contributed by atoms with E-state index < -0.39 is 0 Å². The summed E-state index contributed by atoms with van der Waals surface area (Å²) >= 11 is 0. The van der Waals surface area contributed by atoms with Crippen molar-refractivity contribution in [2.75, 3.05) is 0 Å². The Morgan fingerprint density at radius 1 is 1.11 bits per heavy atom. The lowest BCUT2D eigenvalue weighted by Gasteiger charge is -2.58. The fourth-order valence-electron chi connectivity index (χ4n) is 9.74. The molecule has 4 unspecified atom stereocenters. The molecule has 208 valence electrons. The summed E-state index contributed by atoms with van der Waals surface area (Å²) < 4.78 is 12.8. The first-order valence-electron chi connectivity index (χ1n) is 16.0. The molecule has 1 aliphatic heterocycles. The van der Waals surface area contributed by atoms with E-state index in [0.717, 1.165) is 42.4 Å². The molecule has 3 fully saturated rings. The van der Waals surface area contributed by atoms with Crippen LogP contribution in [0, 0.1) is 46.3 Å². The SMILES string of the molecule is CC[C@H]1OC(O[C@H]2CC[C@@]3(C)C(=CCC4C3CC[C@@]3(C)C4CC[C@@H]3/C(C)=C/CCC(C)C)C2)C=C[C@@H]1C. The van der Waals surface area contributed by atoms with Crippen LogP contribution in [0.25, 0.3) is 0 Å². The number of hydrogen-bond acceptors (Lipinski definition) is 2. The molecule has 2 nitrogen and oxygen atoms in total. The minimum absolute atomic E-state index is 0.157. The fraction of sp³-hybridized carbons (Fsp3) is 0.829. The highest BCUT2D eigenvalue weighted by atomic mass is 16.7. The molecule has 0 radical (unpaired) electrons. The van der Waals surface area contributed by atoms with Crippen LogP contribution in [0.5, 0.6) is 0 Å². The van der Waals surface area contributed by atoms with Crippen LogP contribution in [-0.4, -0.2) is 18.5 Å². The van der Waals surface area contributed by atoms with Gasteiger partial charge in [-0.15, -0.1) is 0 Å². The molecule has 0 bridgehead atoms. The van der Waals surface area contributed by atoms with Gasteiger partial charge < -0.3 is 9.47 Å². The Balaban J connectivity index is 1.26. The van der Waals surface area contributed by atoms with Crippen LogP contribution >= 0.6 is 0 Å². The summed E-state index contributed by atoms with van der Waals surface area (Å²) in [7, 11) is 0. The summed E-state index contributed by atoms with van der Waals surface area (Å²) in [6.45, 7) is 16.9. The van der Waals surface area contributed by atoms with Crippen LogP contribution in [0.4, 0.5) is 0 Å². The molecule has 0 spiro atoms. The maximum atomic E-state index is 6.56. The lowest BCUT2D eigenvalue weighted by atomic mass is 9.47. The van der Waals surface area contributed by atoms with Gasteiger partial charge in [-0.2, -0.15) is 0 Å². The van der Waals surface area contributed by atoms with Crippen molar-refractivity contribution < 1.29 is 9.47 Å². The Morgan fingerprint density at radius 3 is 2.68 bits per heavy atom. The van der Waals surface area contributed by atoms with Crippen molar-refractivity contribution in [1.82, 2.24) is 0 Å². The molecule has 3 saturated carbocycles. The highest BCUT2D eigenvalue weighted by Gasteiger charge is 2.58. The Hall–Kier alpha value is -0.860. The van der Waals surface area contributed by atoms with E-state index in [-0.39, 0.29) is 6.29 Å². The fourth-order valence-corrected chi connectivity index (χ4v) is 9.74. The summed E-state index contributed by atoms with van der Waals surface area (Å²) in [4.78, 5) is 0. The van der Waals surface area contributed by atoms with Crippen LogP contribution in [-0.2, 0) is 9.47 Å². The second-order valence-electron chi connectivity index (χ2n) is 14.5. The van der Waals surface area contributed by atoms with Crippen LogP contribution in [0.2, 0.25) is 0 Å². The average molecular weight is 509 g/mol. The zero-order valence-electron chi connectivity index (χ0n) is 25.1. The summed E-state index contributed by atoms with van der Waals surface area (Å²) in [5.74, 6) is 4.76. The third-order valence-corrected chi connectivity index (χ3v) is 12.0. The maximum Gasteiger partial charge on any atom is 0.177 e. The van der Waals surface area contributed by atoms with Gasteiger partial charge in [0.1, 0.15) is 0 Å². The molecule has 0 aromatic rings. The number of hydrogen-bond donors (Lipinski definition) is 0. The lowest BCUT2D eigenvalue weighted by Crippen LogP contribution is -2.50. The molecular formula is C35H56O2. The molecule has 0 N–H and O–H groups in total. The van der Waals surface area contributed by atoms with E-state index >= 15 is 0 Å². The van der Waals surface area contributed by atoms with Gasteiger partial charge in [-0.3, -0.25) is 0 Å². The largest absolute Gasteiger partial charge is 0.345 e. The maximum absolute atomic E-state index is 6.56. The Bertz CT molecular complexity index is 897.